The van der Waals surface area contributed by atoms with E-state index in [2.05, 4.69) is 40.1 Å². The molecule has 1 aromatic heterocycles. The summed E-state index contributed by atoms with van der Waals surface area (Å²) in [7, 11) is 4.03. The lowest BCUT2D eigenvalue weighted by Crippen LogP contribution is -2.51. The Hall–Kier alpha value is -0.360. The number of halogens is 1. The molecule has 5 heteroatoms. The van der Waals surface area contributed by atoms with Gasteiger partial charge in [-0.3, -0.25) is 5.84 Å². The lowest BCUT2D eigenvalue weighted by atomic mass is 9.92. The Balaban J connectivity index is 3.04. The van der Waals surface area contributed by atoms with Gasteiger partial charge in [-0.05, 0) is 49.9 Å². The Morgan fingerprint density at radius 2 is 2.13 bits per heavy atom. The van der Waals surface area contributed by atoms with Crippen molar-refractivity contribution in [3.8, 4) is 0 Å². The van der Waals surface area contributed by atoms with Gasteiger partial charge in [-0.15, -0.1) is 0 Å². The van der Waals surface area contributed by atoms with E-state index in [1.54, 1.807) is 6.26 Å². The van der Waals surface area contributed by atoms with Gasteiger partial charge in [0.05, 0.1) is 16.8 Å². The highest BCUT2D eigenvalue weighted by molar-refractivity contribution is 9.10. The van der Waals surface area contributed by atoms with Crippen LogP contribution in [0.2, 0.25) is 0 Å². The zero-order chi connectivity index (χ0) is 11.6. The molecule has 0 aliphatic carbocycles. The van der Waals surface area contributed by atoms with E-state index in [1.807, 2.05) is 20.2 Å². The predicted molar refractivity (Wildman–Crippen MR) is 64.2 cm³/mol. The minimum absolute atomic E-state index is 0.0723. The van der Waals surface area contributed by atoms with Crippen molar-refractivity contribution >= 4 is 15.9 Å². The van der Waals surface area contributed by atoms with Crippen LogP contribution >= 0.6 is 15.9 Å². The van der Waals surface area contributed by atoms with Crippen molar-refractivity contribution in [3.05, 3.63) is 22.6 Å². The van der Waals surface area contributed by atoms with Crippen molar-refractivity contribution in [3.63, 3.8) is 0 Å². The van der Waals surface area contributed by atoms with Gasteiger partial charge in [0.15, 0.2) is 0 Å². The molecule has 0 amide bonds. The van der Waals surface area contributed by atoms with Crippen LogP contribution in [0.25, 0.3) is 0 Å². The average Bonchev–Trinajstić information content (AvgIpc) is 2.53. The van der Waals surface area contributed by atoms with Crippen molar-refractivity contribution in [2.75, 3.05) is 14.1 Å². The molecule has 0 spiro atoms. The number of nitrogens with one attached hydrogen (secondary N) is 1. The normalized spacial score (nSPS) is 14.6. The molecule has 3 N–H and O–H groups in total. The maximum absolute atomic E-state index is 5.60. The fourth-order valence-corrected chi connectivity index (χ4v) is 1.80. The number of hydrogen-bond acceptors (Lipinski definition) is 4. The zero-order valence-electron chi connectivity index (χ0n) is 9.54. The number of hydrazine groups is 1. The maximum Gasteiger partial charge on any atom is 0.138 e. The summed E-state index contributed by atoms with van der Waals surface area (Å²) >= 11 is 3.44. The summed E-state index contributed by atoms with van der Waals surface area (Å²) in [5.74, 6) is 6.42. The van der Waals surface area contributed by atoms with E-state index >= 15 is 0 Å². The Morgan fingerprint density at radius 3 is 2.47 bits per heavy atom. The first-order valence-corrected chi connectivity index (χ1v) is 5.57. The molecule has 1 unspecified atom stereocenters. The molecule has 15 heavy (non-hydrogen) atoms. The highest BCUT2D eigenvalue weighted by Gasteiger charge is 2.35. The summed E-state index contributed by atoms with van der Waals surface area (Å²) in [5.41, 5.74) is 2.66. The number of likely N-dealkylation sites (N-methyl/N-ethyl adjacent to an activating group) is 1. The van der Waals surface area contributed by atoms with E-state index in [-0.39, 0.29) is 11.6 Å². The summed E-state index contributed by atoms with van der Waals surface area (Å²) in [6.07, 6.45) is 1.65. The third-order valence-electron chi connectivity index (χ3n) is 2.93. The minimum atomic E-state index is -0.144. The van der Waals surface area contributed by atoms with Crippen molar-refractivity contribution in [2.45, 2.75) is 25.4 Å². The molecule has 1 heterocycles. The second-order valence-corrected chi connectivity index (χ2v) is 5.13. The first-order chi connectivity index (χ1) is 6.91. The minimum Gasteiger partial charge on any atom is -0.466 e. The topological polar surface area (TPSA) is 54.4 Å². The molecular weight excluding hydrogens is 258 g/mol. The Labute approximate surface area is 98.9 Å². The largest absolute Gasteiger partial charge is 0.466 e. The Morgan fingerprint density at radius 1 is 1.53 bits per heavy atom. The van der Waals surface area contributed by atoms with E-state index < -0.39 is 0 Å². The van der Waals surface area contributed by atoms with Gasteiger partial charge < -0.3 is 9.32 Å². The molecule has 86 valence electrons. The first-order valence-electron chi connectivity index (χ1n) is 4.77. The zero-order valence-corrected chi connectivity index (χ0v) is 11.1. The SMILES string of the molecule is CN(C)C(C)(C)C(NN)c1occc1Br. The van der Waals surface area contributed by atoms with E-state index in [0.29, 0.717) is 0 Å². The van der Waals surface area contributed by atoms with Crippen LogP contribution in [0.1, 0.15) is 25.6 Å². The number of nitrogens with two attached hydrogens (primary N) is 1. The lowest BCUT2D eigenvalue weighted by molar-refractivity contribution is 0.124. The summed E-state index contributed by atoms with van der Waals surface area (Å²) in [6.45, 7) is 4.21. The summed E-state index contributed by atoms with van der Waals surface area (Å²) in [6, 6.07) is 1.79. The molecule has 0 saturated heterocycles. The number of furan rings is 1. The molecule has 0 saturated carbocycles. The molecule has 0 bridgehead atoms. The van der Waals surface area contributed by atoms with Crippen LogP contribution in [0.15, 0.2) is 21.2 Å². The Kier molecular flexibility index (Phi) is 3.94. The standard InChI is InChI=1S/C10H18BrN3O/c1-10(2,14(3)4)9(13-12)8-7(11)5-6-15-8/h5-6,9,13H,12H2,1-4H3. The second-order valence-electron chi connectivity index (χ2n) is 4.28. The molecule has 0 aliphatic heterocycles. The van der Waals surface area contributed by atoms with E-state index in [0.717, 1.165) is 10.2 Å². The predicted octanol–water partition coefficient (Wildman–Crippen LogP) is 1.89. The molecular formula is C10H18BrN3O. The van der Waals surface area contributed by atoms with Crippen LogP contribution in [0.3, 0.4) is 0 Å². The molecule has 1 rings (SSSR count). The fraction of sp³-hybridized carbons (Fsp3) is 0.600. The van der Waals surface area contributed by atoms with Gasteiger partial charge in [0.2, 0.25) is 0 Å². The number of hydrogen-bond donors (Lipinski definition) is 2. The highest BCUT2D eigenvalue weighted by atomic mass is 79.9. The van der Waals surface area contributed by atoms with Gasteiger partial charge in [-0.2, -0.15) is 0 Å². The van der Waals surface area contributed by atoms with E-state index in [4.69, 9.17) is 10.3 Å². The molecule has 4 nitrogen and oxygen atoms in total. The van der Waals surface area contributed by atoms with E-state index in [9.17, 15) is 0 Å². The molecule has 1 aromatic rings. The second kappa shape index (κ2) is 4.65. The summed E-state index contributed by atoms with van der Waals surface area (Å²) in [4.78, 5) is 2.10. The fourth-order valence-electron chi connectivity index (χ4n) is 1.37. The van der Waals surface area contributed by atoms with Gasteiger partial charge in [0.25, 0.3) is 0 Å². The quantitative estimate of drug-likeness (QED) is 0.651. The summed E-state index contributed by atoms with van der Waals surface area (Å²) < 4.78 is 6.37. The smallest absolute Gasteiger partial charge is 0.138 e. The third kappa shape index (κ3) is 2.42. The van der Waals surface area contributed by atoms with Crippen molar-refractivity contribution in [1.82, 2.24) is 10.3 Å². The van der Waals surface area contributed by atoms with Gasteiger partial charge >= 0.3 is 0 Å². The van der Waals surface area contributed by atoms with Crippen LogP contribution in [-0.2, 0) is 0 Å². The summed E-state index contributed by atoms with van der Waals surface area (Å²) in [5, 5.41) is 0. The molecule has 1 atom stereocenters. The Bertz CT molecular complexity index is 322. The van der Waals surface area contributed by atoms with Crippen molar-refractivity contribution in [1.29, 1.82) is 0 Å². The van der Waals surface area contributed by atoms with E-state index in [1.165, 1.54) is 0 Å². The van der Waals surface area contributed by atoms with Gasteiger partial charge in [-0.1, -0.05) is 0 Å². The van der Waals surface area contributed by atoms with Crippen LogP contribution in [-0.4, -0.2) is 24.5 Å². The average molecular weight is 276 g/mol. The first kappa shape index (κ1) is 12.7. The highest BCUT2D eigenvalue weighted by Crippen LogP contribution is 2.33. The van der Waals surface area contributed by atoms with Crippen LogP contribution < -0.4 is 11.3 Å². The molecule has 0 fully saturated rings. The van der Waals surface area contributed by atoms with Gasteiger partial charge in [0, 0.05) is 5.54 Å². The lowest BCUT2D eigenvalue weighted by Gasteiger charge is -2.38. The molecule has 0 aliphatic rings. The van der Waals surface area contributed by atoms with Gasteiger partial charge in [-0.25, -0.2) is 5.43 Å². The number of rotatable bonds is 4. The van der Waals surface area contributed by atoms with Crippen molar-refractivity contribution < 1.29 is 4.42 Å². The molecule has 0 aromatic carbocycles. The van der Waals surface area contributed by atoms with Crippen LogP contribution in [0.4, 0.5) is 0 Å². The van der Waals surface area contributed by atoms with Gasteiger partial charge in [0.1, 0.15) is 5.76 Å². The third-order valence-corrected chi connectivity index (χ3v) is 3.59. The van der Waals surface area contributed by atoms with Crippen LogP contribution in [0, 0.1) is 0 Å². The number of nitrogens with zero attached hydrogens (tertiary/aromatic N) is 1. The monoisotopic (exact) mass is 275 g/mol. The maximum atomic E-state index is 5.60. The van der Waals surface area contributed by atoms with Crippen molar-refractivity contribution in [2.24, 2.45) is 5.84 Å². The van der Waals surface area contributed by atoms with Crippen LogP contribution in [0.5, 0.6) is 0 Å². The molecule has 0 radical (unpaired) electrons.